The summed E-state index contributed by atoms with van der Waals surface area (Å²) in [5, 5.41) is 15.4. The quantitative estimate of drug-likeness (QED) is 0.693. The van der Waals surface area contributed by atoms with E-state index in [2.05, 4.69) is 41.6 Å². The highest BCUT2D eigenvalue weighted by Crippen LogP contribution is 2.18. The van der Waals surface area contributed by atoms with Gasteiger partial charge in [-0.1, -0.05) is 56.1 Å². The number of thioether (sulfide) groups is 1. The number of tetrazole rings is 1. The molecular formula is C18H27N5OS. The van der Waals surface area contributed by atoms with Gasteiger partial charge < -0.3 is 5.32 Å². The number of nitrogens with one attached hydrogen (secondary N) is 1. The third kappa shape index (κ3) is 6.49. The van der Waals surface area contributed by atoms with E-state index in [1.807, 2.05) is 31.2 Å². The van der Waals surface area contributed by atoms with Crippen molar-refractivity contribution in [3.63, 3.8) is 0 Å². The third-order valence-corrected chi connectivity index (χ3v) is 4.80. The fraction of sp³-hybridized carbons (Fsp3) is 0.556. The molecule has 0 aliphatic carbocycles. The lowest BCUT2D eigenvalue weighted by Gasteiger charge is -2.14. The topological polar surface area (TPSA) is 72.7 Å². The molecule has 136 valence electrons. The van der Waals surface area contributed by atoms with E-state index in [4.69, 9.17) is 0 Å². The van der Waals surface area contributed by atoms with Crippen LogP contribution in [0.5, 0.6) is 0 Å². The number of carbonyl (C=O) groups is 1. The zero-order valence-electron chi connectivity index (χ0n) is 15.4. The number of hydrogen-bond acceptors (Lipinski definition) is 5. The molecule has 0 aliphatic rings. The lowest BCUT2D eigenvalue weighted by atomic mass is 10.0. The van der Waals surface area contributed by atoms with Crippen LogP contribution in [0.25, 0.3) is 5.69 Å². The molecule has 1 N–H and O–H groups in total. The molecule has 0 radical (unpaired) electrons. The molecule has 1 heterocycles. The van der Waals surface area contributed by atoms with Crippen LogP contribution in [0.3, 0.4) is 0 Å². The number of rotatable bonds is 9. The van der Waals surface area contributed by atoms with Gasteiger partial charge in [0.2, 0.25) is 11.1 Å². The summed E-state index contributed by atoms with van der Waals surface area (Å²) in [6.07, 6.45) is 3.34. The Hall–Kier alpha value is -1.89. The zero-order chi connectivity index (χ0) is 18.2. The molecule has 0 saturated carbocycles. The molecule has 0 bridgehead atoms. The average Bonchev–Trinajstić information content (AvgIpc) is 3.01. The van der Waals surface area contributed by atoms with E-state index in [9.17, 15) is 4.79 Å². The Bertz CT molecular complexity index is 668. The fourth-order valence-electron chi connectivity index (χ4n) is 2.47. The number of aryl methyl sites for hydroxylation is 1. The van der Waals surface area contributed by atoms with Gasteiger partial charge in [0.1, 0.15) is 0 Å². The number of carbonyl (C=O) groups excluding carboxylic acids is 1. The van der Waals surface area contributed by atoms with Gasteiger partial charge in [0.05, 0.1) is 11.4 Å². The molecule has 1 atom stereocenters. The van der Waals surface area contributed by atoms with Crippen LogP contribution in [0.1, 0.15) is 45.6 Å². The maximum atomic E-state index is 12.1. The van der Waals surface area contributed by atoms with Crippen molar-refractivity contribution in [2.75, 3.05) is 5.75 Å². The highest BCUT2D eigenvalue weighted by atomic mass is 32.2. The highest BCUT2D eigenvalue weighted by Gasteiger charge is 2.13. The Morgan fingerprint density at radius 2 is 1.92 bits per heavy atom. The zero-order valence-corrected chi connectivity index (χ0v) is 16.2. The Morgan fingerprint density at radius 3 is 2.60 bits per heavy atom. The van der Waals surface area contributed by atoms with Crippen LogP contribution >= 0.6 is 11.8 Å². The van der Waals surface area contributed by atoms with Crippen molar-refractivity contribution in [1.29, 1.82) is 0 Å². The maximum Gasteiger partial charge on any atom is 0.230 e. The van der Waals surface area contributed by atoms with Gasteiger partial charge >= 0.3 is 0 Å². The molecule has 1 amide bonds. The number of amides is 1. The molecule has 1 aromatic heterocycles. The van der Waals surface area contributed by atoms with E-state index < -0.39 is 0 Å². The van der Waals surface area contributed by atoms with Crippen molar-refractivity contribution in [2.24, 2.45) is 5.92 Å². The van der Waals surface area contributed by atoms with Crippen LogP contribution in [-0.4, -0.2) is 37.9 Å². The second-order valence-corrected chi connectivity index (χ2v) is 7.73. The van der Waals surface area contributed by atoms with Gasteiger partial charge in [0.25, 0.3) is 0 Å². The molecule has 7 heteroatoms. The van der Waals surface area contributed by atoms with E-state index in [1.165, 1.54) is 23.7 Å². The smallest absolute Gasteiger partial charge is 0.230 e. The van der Waals surface area contributed by atoms with E-state index >= 15 is 0 Å². The molecule has 2 rings (SSSR count). The predicted octanol–water partition coefficient (Wildman–Crippen LogP) is 3.39. The van der Waals surface area contributed by atoms with Gasteiger partial charge in [0, 0.05) is 6.04 Å². The Labute approximate surface area is 153 Å². The molecule has 0 unspecified atom stereocenters. The summed E-state index contributed by atoms with van der Waals surface area (Å²) in [4.78, 5) is 12.1. The first-order valence-electron chi connectivity index (χ1n) is 8.73. The Balaban J connectivity index is 1.82. The minimum Gasteiger partial charge on any atom is -0.353 e. The van der Waals surface area contributed by atoms with Crippen molar-refractivity contribution >= 4 is 17.7 Å². The molecule has 1 aromatic carbocycles. The summed E-state index contributed by atoms with van der Waals surface area (Å²) in [7, 11) is 0. The molecule has 0 saturated heterocycles. The van der Waals surface area contributed by atoms with Crippen LogP contribution < -0.4 is 5.32 Å². The Morgan fingerprint density at radius 1 is 1.20 bits per heavy atom. The first-order valence-corrected chi connectivity index (χ1v) is 9.72. The second-order valence-electron chi connectivity index (χ2n) is 6.79. The number of nitrogens with zero attached hydrogens (tertiary/aromatic N) is 4. The van der Waals surface area contributed by atoms with Gasteiger partial charge in [-0.3, -0.25) is 4.79 Å². The molecule has 25 heavy (non-hydrogen) atoms. The van der Waals surface area contributed by atoms with Gasteiger partial charge in [-0.25, -0.2) is 0 Å². The molecule has 0 spiro atoms. The van der Waals surface area contributed by atoms with Crippen molar-refractivity contribution in [3.8, 4) is 5.69 Å². The van der Waals surface area contributed by atoms with Gasteiger partial charge in [-0.2, -0.15) is 4.68 Å². The Kier molecular flexibility index (Phi) is 7.43. The second kappa shape index (κ2) is 9.56. The third-order valence-electron chi connectivity index (χ3n) is 3.88. The fourth-order valence-corrected chi connectivity index (χ4v) is 3.17. The van der Waals surface area contributed by atoms with Crippen LogP contribution in [0.4, 0.5) is 0 Å². The van der Waals surface area contributed by atoms with Gasteiger partial charge in [0.15, 0.2) is 0 Å². The van der Waals surface area contributed by atoms with E-state index in [0.29, 0.717) is 16.8 Å². The minimum atomic E-state index is 0.0144. The first kappa shape index (κ1) is 19.4. The highest BCUT2D eigenvalue weighted by molar-refractivity contribution is 7.99. The normalized spacial score (nSPS) is 12.4. The molecule has 0 aliphatic heterocycles. The number of hydrogen-bond donors (Lipinski definition) is 1. The SMILES string of the molecule is Cc1ccc(-n2nnnc2SCC(=O)N[C@H](C)CCCC(C)C)cc1. The summed E-state index contributed by atoms with van der Waals surface area (Å²) in [6, 6.07) is 8.15. The summed E-state index contributed by atoms with van der Waals surface area (Å²) in [5.74, 6) is 1.03. The summed E-state index contributed by atoms with van der Waals surface area (Å²) in [5.41, 5.74) is 2.07. The summed E-state index contributed by atoms with van der Waals surface area (Å²) < 4.78 is 1.66. The number of benzene rings is 1. The first-order chi connectivity index (χ1) is 12.0. The summed E-state index contributed by atoms with van der Waals surface area (Å²) >= 11 is 1.35. The standard InChI is InChI=1S/C18H27N5OS/c1-13(2)6-5-7-15(4)19-17(24)12-25-18-20-21-22-23(18)16-10-8-14(3)9-11-16/h8-11,13,15H,5-7,12H2,1-4H3,(H,19,24)/t15-/m1/s1. The van der Waals surface area contributed by atoms with Crippen molar-refractivity contribution in [3.05, 3.63) is 29.8 Å². The van der Waals surface area contributed by atoms with Gasteiger partial charge in [-0.05, 0) is 48.7 Å². The summed E-state index contributed by atoms with van der Waals surface area (Å²) in [6.45, 7) is 8.53. The number of aromatic nitrogens is 4. The van der Waals surface area contributed by atoms with E-state index in [-0.39, 0.29) is 11.9 Å². The predicted molar refractivity (Wildman–Crippen MR) is 101 cm³/mol. The molecule has 6 nitrogen and oxygen atoms in total. The molecular weight excluding hydrogens is 334 g/mol. The van der Waals surface area contributed by atoms with Crippen molar-refractivity contribution in [1.82, 2.24) is 25.5 Å². The van der Waals surface area contributed by atoms with Crippen LogP contribution in [-0.2, 0) is 4.79 Å². The maximum absolute atomic E-state index is 12.1. The molecule has 2 aromatic rings. The minimum absolute atomic E-state index is 0.0144. The monoisotopic (exact) mass is 361 g/mol. The van der Waals surface area contributed by atoms with Crippen molar-refractivity contribution < 1.29 is 4.79 Å². The lowest BCUT2D eigenvalue weighted by Crippen LogP contribution is -2.33. The van der Waals surface area contributed by atoms with Crippen molar-refractivity contribution in [2.45, 2.75) is 58.2 Å². The average molecular weight is 362 g/mol. The van der Waals surface area contributed by atoms with E-state index in [1.54, 1.807) is 4.68 Å². The van der Waals surface area contributed by atoms with Gasteiger partial charge in [-0.15, -0.1) is 5.10 Å². The lowest BCUT2D eigenvalue weighted by molar-refractivity contribution is -0.119. The molecule has 0 fully saturated rings. The van der Waals surface area contributed by atoms with E-state index in [0.717, 1.165) is 18.5 Å². The van der Waals surface area contributed by atoms with Crippen LogP contribution in [0.2, 0.25) is 0 Å². The van der Waals surface area contributed by atoms with Crippen LogP contribution in [0, 0.1) is 12.8 Å². The van der Waals surface area contributed by atoms with Crippen LogP contribution in [0.15, 0.2) is 29.4 Å². The largest absolute Gasteiger partial charge is 0.353 e.